The van der Waals surface area contributed by atoms with Crippen molar-refractivity contribution >= 4 is 23.5 Å². The van der Waals surface area contributed by atoms with Gasteiger partial charge in [0.1, 0.15) is 5.75 Å². The fourth-order valence-corrected chi connectivity index (χ4v) is 3.57. The molecule has 1 aliphatic rings. The van der Waals surface area contributed by atoms with Gasteiger partial charge in [-0.05, 0) is 36.3 Å². The number of esters is 1. The molecule has 3 rings (SSSR count). The molecule has 1 heterocycles. The monoisotopic (exact) mass is 408 g/mol. The van der Waals surface area contributed by atoms with E-state index in [1.807, 2.05) is 30.3 Å². The highest BCUT2D eigenvalue weighted by molar-refractivity contribution is 6.15. The fourth-order valence-electron chi connectivity index (χ4n) is 3.57. The van der Waals surface area contributed by atoms with Gasteiger partial charge in [-0.2, -0.15) is 0 Å². The van der Waals surface area contributed by atoms with Crippen molar-refractivity contribution in [2.45, 2.75) is 25.3 Å². The molecule has 2 atom stereocenters. The molecule has 0 spiro atoms. The quantitative estimate of drug-likeness (QED) is 0.565. The first-order valence-corrected chi connectivity index (χ1v) is 9.61. The lowest BCUT2D eigenvalue weighted by Crippen LogP contribution is -2.68. The van der Waals surface area contributed by atoms with E-state index in [-0.39, 0.29) is 6.61 Å². The molecule has 2 aromatic rings. The van der Waals surface area contributed by atoms with Gasteiger partial charge in [-0.25, -0.2) is 4.79 Å². The minimum atomic E-state index is -1.94. The van der Waals surface area contributed by atoms with Crippen LogP contribution in [0.4, 0.5) is 0 Å². The summed E-state index contributed by atoms with van der Waals surface area (Å²) in [6.45, 7) is 2.97. The van der Waals surface area contributed by atoms with E-state index in [0.29, 0.717) is 17.0 Å². The van der Waals surface area contributed by atoms with Gasteiger partial charge in [0.05, 0.1) is 13.7 Å². The molecule has 2 unspecified atom stereocenters. The molecule has 2 amide bonds. The van der Waals surface area contributed by atoms with Crippen LogP contribution in [0.5, 0.6) is 5.75 Å². The van der Waals surface area contributed by atoms with Crippen molar-refractivity contribution in [2.75, 3.05) is 13.7 Å². The van der Waals surface area contributed by atoms with Gasteiger partial charge in [0.2, 0.25) is 11.4 Å². The van der Waals surface area contributed by atoms with E-state index < -0.39 is 29.2 Å². The van der Waals surface area contributed by atoms with Gasteiger partial charge >= 0.3 is 5.97 Å². The number of carbonyl (C=O) groups is 3. The normalized spacial score (nSPS) is 20.6. The van der Waals surface area contributed by atoms with Crippen LogP contribution in [0.25, 0.3) is 5.70 Å². The largest absolute Gasteiger partial charge is 0.497 e. The van der Waals surface area contributed by atoms with Gasteiger partial charge < -0.3 is 20.1 Å². The lowest BCUT2D eigenvalue weighted by atomic mass is 9.75. The average molecular weight is 408 g/mol. The minimum Gasteiger partial charge on any atom is -0.497 e. The van der Waals surface area contributed by atoms with E-state index in [1.54, 1.807) is 44.4 Å². The minimum absolute atomic E-state index is 0.0675. The molecule has 0 saturated heterocycles. The number of rotatable bonds is 6. The van der Waals surface area contributed by atoms with Crippen LogP contribution in [0.3, 0.4) is 0 Å². The molecular formula is C23H24N2O5. The molecule has 7 nitrogen and oxygen atoms in total. The summed E-state index contributed by atoms with van der Waals surface area (Å²) in [6.07, 6.45) is 1.77. The Morgan fingerprint density at radius 1 is 1.10 bits per heavy atom. The summed E-state index contributed by atoms with van der Waals surface area (Å²) in [6, 6.07) is 16.3. The molecule has 0 fully saturated rings. The summed E-state index contributed by atoms with van der Waals surface area (Å²) < 4.78 is 10.4. The molecule has 2 aromatic carbocycles. The van der Waals surface area contributed by atoms with E-state index in [1.165, 1.54) is 6.92 Å². The predicted octanol–water partition coefficient (Wildman–Crippen LogP) is 2.39. The summed E-state index contributed by atoms with van der Waals surface area (Å²) >= 11 is 0. The van der Waals surface area contributed by atoms with Crippen LogP contribution in [-0.4, -0.2) is 37.0 Å². The first-order chi connectivity index (χ1) is 14.4. The third-order valence-electron chi connectivity index (χ3n) is 4.94. The number of amides is 2. The van der Waals surface area contributed by atoms with Crippen LogP contribution in [-0.2, 0) is 19.1 Å². The summed E-state index contributed by atoms with van der Waals surface area (Å²) in [5.74, 6) is -2.16. The third-order valence-corrected chi connectivity index (χ3v) is 4.94. The van der Waals surface area contributed by atoms with E-state index in [0.717, 1.165) is 5.56 Å². The number of hydrogen-bond acceptors (Lipinski definition) is 5. The van der Waals surface area contributed by atoms with E-state index in [9.17, 15) is 14.4 Å². The number of ether oxygens (including phenoxy) is 2. The van der Waals surface area contributed by atoms with Gasteiger partial charge in [0.25, 0.3) is 5.91 Å². The summed E-state index contributed by atoms with van der Waals surface area (Å²) in [5.41, 5.74) is 0.0477. The first kappa shape index (κ1) is 21.1. The number of nitrogens with one attached hydrogen (secondary N) is 2. The summed E-state index contributed by atoms with van der Waals surface area (Å²) in [7, 11) is 1.55. The molecule has 0 bridgehead atoms. The van der Waals surface area contributed by atoms with Crippen molar-refractivity contribution in [2.24, 2.45) is 0 Å². The maximum Gasteiger partial charge on any atom is 0.342 e. The molecule has 2 N–H and O–H groups in total. The van der Waals surface area contributed by atoms with Crippen molar-refractivity contribution in [3.63, 3.8) is 0 Å². The Labute approximate surface area is 175 Å². The van der Waals surface area contributed by atoms with Crippen LogP contribution >= 0.6 is 0 Å². The molecule has 0 radical (unpaired) electrons. The molecule has 30 heavy (non-hydrogen) atoms. The Morgan fingerprint density at radius 2 is 1.77 bits per heavy atom. The Kier molecular flexibility index (Phi) is 6.20. The zero-order valence-corrected chi connectivity index (χ0v) is 17.1. The molecule has 7 heteroatoms. The van der Waals surface area contributed by atoms with Crippen LogP contribution in [0, 0.1) is 0 Å². The van der Waals surface area contributed by atoms with Gasteiger partial charge in [-0.3, -0.25) is 9.59 Å². The Morgan fingerprint density at radius 3 is 2.33 bits per heavy atom. The highest BCUT2D eigenvalue weighted by Crippen LogP contribution is 2.38. The highest BCUT2D eigenvalue weighted by Gasteiger charge is 2.56. The second-order valence-electron chi connectivity index (χ2n) is 6.86. The third kappa shape index (κ3) is 3.91. The maximum atomic E-state index is 13.4. The average Bonchev–Trinajstić information content (AvgIpc) is 2.75. The SMILES string of the molecule is CCOC(=O)C1(NC(C)=O)C(=O)NC(c2ccccc2)=CC1c1ccc(OC)cc1. The second-order valence-corrected chi connectivity index (χ2v) is 6.86. The van der Waals surface area contributed by atoms with Crippen molar-refractivity contribution in [3.05, 3.63) is 71.8 Å². The number of benzene rings is 2. The topological polar surface area (TPSA) is 93.7 Å². The van der Waals surface area contributed by atoms with E-state index in [2.05, 4.69) is 10.6 Å². The molecule has 1 aliphatic heterocycles. The van der Waals surface area contributed by atoms with Gasteiger partial charge in [0.15, 0.2) is 0 Å². The summed E-state index contributed by atoms with van der Waals surface area (Å²) in [5, 5.41) is 5.35. The second kappa shape index (κ2) is 8.82. The summed E-state index contributed by atoms with van der Waals surface area (Å²) in [4.78, 5) is 38.5. The van der Waals surface area contributed by atoms with Crippen molar-refractivity contribution < 1.29 is 23.9 Å². The molecule has 0 aromatic heterocycles. The number of carbonyl (C=O) groups excluding carboxylic acids is 3. The van der Waals surface area contributed by atoms with Crippen LogP contribution in [0.2, 0.25) is 0 Å². The van der Waals surface area contributed by atoms with E-state index in [4.69, 9.17) is 9.47 Å². The van der Waals surface area contributed by atoms with E-state index >= 15 is 0 Å². The molecule has 0 saturated carbocycles. The lowest BCUT2D eigenvalue weighted by Gasteiger charge is -2.40. The molecular weight excluding hydrogens is 384 g/mol. The van der Waals surface area contributed by atoms with Crippen molar-refractivity contribution in [1.29, 1.82) is 0 Å². The van der Waals surface area contributed by atoms with Crippen LogP contribution in [0.15, 0.2) is 60.7 Å². The standard InChI is InChI=1S/C23H24N2O5/c1-4-30-22(28)23(25-15(2)26)19(16-10-12-18(29-3)13-11-16)14-20(24-21(23)27)17-8-6-5-7-9-17/h5-14,19H,4H2,1-3H3,(H,24,27)(H,25,26). The lowest BCUT2D eigenvalue weighted by molar-refractivity contribution is -0.158. The van der Waals surface area contributed by atoms with Crippen LogP contribution < -0.4 is 15.4 Å². The van der Waals surface area contributed by atoms with Gasteiger partial charge in [-0.15, -0.1) is 0 Å². The fraction of sp³-hybridized carbons (Fsp3) is 0.261. The highest BCUT2D eigenvalue weighted by atomic mass is 16.5. The van der Waals surface area contributed by atoms with Crippen molar-refractivity contribution in [1.82, 2.24) is 10.6 Å². The van der Waals surface area contributed by atoms with Gasteiger partial charge in [0, 0.05) is 18.5 Å². The zero-order chi connectivity index (χ0) is 21.7. The predicted molar refractivity (Wildman–Crippen MR) is 111 cm³/mol. The maximum absolute atomic E-state index is 13.4. The van der Waals surface area contributed by atoms with Crippen molar-refractivity contribution in [3.8, 4) is 5.75 Å². The number of hydrogen-bond donors (Lipinski definition) is 2. The van der Waals surface area contributed by atoms with Crippen LogP contribution in [0.1, 0.15) is 30.9 Å². The molecule has 0 aliphatic carbocycles. The van der Waals surface area contributed by atoms with Gasteiger partial charge in [-0.1, -0.05) is 42.5 Å². The Bertz CT molecular complexity index is 969. The first-order valence-electron chi connectivity index (χ1n) is 9.61. The molecule has 156 valence electrons. The Balaban J connectivity index is 2.21. The smallest absolute Gasteiger partial charge is 0.342 e. The zero-order valence-electron chi connectivity index (χ0n) is 17.1. The number of methoxy groups -OCH3 is 1. The Hall–Kier alpha value is -3.61.